The number of hydrogen-bond acceptors (Lipinski definition) is 7. The van der Waals surface area contributed by atoms with Gasteiger partial charge in [0, 0.05) is 31.5 Å². The van der Waals surface area contributed by atoms with E-state index in [0.717, 1.165) is 66.1 Å². The lowest BCUT2D eigenvalue weighted by molar-refractivity contribution is 0.0322. The maximum Gasteiger partial charge on any atom is 0.337 e. The first-order valence-electron chi connectivity index (χ1n) is 9.94. The van der Waals surface area contributed by atoms with Gasteiger partial charge in [-0.1, -0.05) is 23.9 Å². The molecule has 158 valence electrons. The number of aromatic amines is 1. The quantitative estimate of drug-likeness (QED) is 0.436. The molecule has 2 heterocycles. The van der Waals surface area contributed by atoms with Gasteiger partial charge in [-0.25, -0.2) is 9.78 Å². The average Bonchev–Trinajstić information content (AvgIpc) is 3.20. The maximum atomic E-state index is 11.5. The minimum atomic E-state index is -0.325. The lowest BCUT2D eigenvalue weighted by Crippen LogP contribution is -2.38. The first-order valence-corrected chi connectivity index (χ1v) is 10.9. The van der Waals surface area contributed by atoms with Gasteiger partial charge >= 0.3 is 5.97 Å². The van der Waals surface area contributed by atoms with Crippen molar-refractivity contribution in [2.75, 3.05) is 46.6 Å². The van der Waals surface area contributed by atoms with Crippen LogP contribution in [-0.4, -0.2) is 67.4 Å². The number of rotatable bonds is 8. The number of imidazole rings is 1. The van der Waals surface area contributed by atoms with Crippen molar-refractivity contribution in [2.45, 2.75) is 10.9 Å². The summed E-state index contributed by atoms with van der Waals surface area (Å²) in [5.74, 6) is 1.27. The van der Waals surface area contributed by atoms with Gasteiger partial charge in [0.2, 0.25) is 0 Å². The molecule has 3 aromatic rings. The van der Waals surface area contributed by atoms with Crippen molar-refractivity contribution < 1.29 is 19.0 Å². The summed E-state index contributed by atoms with van der Waals surface area (Å²) in [6.45, 7) is 5.10. The van der Waals surface area contributed by atoms with E-state index in [0.29, 0.717) is 12.2 Å². The van der Waals surface area contributed by atoms with Crippen LogP contribution in [0.1, 0.15) is 15.9 Å². The fourth-order valence-electron chi connectivity index (χ4n) is 3.25. The van der Waals surface area contributed by atoms with Crippen LogP contribution in [0, 0.1) is 0 Å². The zero-order valence-electron chi connectivity index (χ0n) is 16.9. The van der Waals surface area contributed by atoms with E-state index in [9.17, 15) is 4.79 Å². The highest BCUT2D eigenvalue weighted by Gasteiger charge is 2.11. The van der Waals surface area contributed by atoms with E-state index in [2.05, 4.69) is 14.9 Å². The highest BCUT2D eigenvalue weighted by atomic mass is 32.2. The van der Waals surface area contributed by atoms with Crippen molar-refractivity contribution in [3.05, 3.63) is 53.6 Å². The third-order valence-electron chi connectivity index (χ3n) is 4.96. The summed E-state index contributed by atoms with van der Waals surface area (Å²) < 4.78 is 16.0. The van der Waals surface area contributed by atoms with Gasteiger partial charge in [-0.05, 0) is 29.8 Å². The Balaban J connectivity index is 1.31. The zero-order valence-corrected chi connectivity index (χ0v) is 17.7. The predicted octanol–water partition coefficient (Wildman–Crippen LogP) is 3.35. The van der Waals surface area contributed by atoms with Gasteiger partial charge in [-0.2, -0.15) is 0 Å². The van der Waals surface area contributed by atoms with Crippen LogP contribution < -0.4 is 4.74 Å². The standard InChI is InChI=1S/C22H25N3O4S/c1-27-21(26)17-4-2-16(3-5-17)15-30-22-23-19-7-6-18(14-20(19)24-22)29-13-10-25-8-11-28-12-9-25/h2-7,14H,8-13,15H2,1H3,(H,23,24). The molecular weight excluding hydrogens is 402 g/mol. The molecule has 0 amide bonds. The lowest BCUT2D eigenvalue weighted by Gasteiger charge is -2.26. The van der Waals surface area contributed by atoms with Crippen LogP contribution in [0.5, 0.6) is 5.75 Å². The lowest BCUT2D eigenvalue weighted by atomic mass is 10.1. The topological polar surface area (TPSA) is 76.7 Å². The highest BCUT2D eigenvalue weighted by molar-refractivity contribution is 7.98. The second kappa shape index (κ2) is 9.97. The molecule has 1 aliphatic rings. The normalized spacial score (nSPS) is 14.7. The summed E-state index contributed by atoms with van der Waals surface area (Å²) in [6, 6.07) is 13.4. The minimum absolute atomic E-state index is 0.325. The summed E-state index contributed by atoms with van der Waals surface area (Å²) in [7, 11) is 1.38. The van der Waals surface area contributed by atoms with Gasteiger partial charge in [-0.15, -0.1) is 0 Å². The fourth-order valence-corrected chi connectivity index (χ4v) is 4.09. The van der Waals surface area contributed by atoms with Crippen LogP contribution in [0.15, 0.2) is 47.6 Å². The Bertz CT molecular complexity index is 984. The van der Waals surface area contributed by atoms with Gasteiger partial charge in [0.25, 0.3) is 0 Å². The fraction of sp³-hybridized carbons (Fsp3) is 0.364. The number of esters is 1. The molecule has 2 aromatic carbocycles. The molecule has 0 radical (unpaired) electrons. The number of ether oxygens (including phenoxy) is 3. The molecule has 1 saturated heterocycles. The van der Waals surface area contributed by atoms with Crippen molar-refractivity contribution in [1.82, 2.24) is 14.9 Å². The summed E-state index contributed by atoms with van der Waals surface area (Å²) in [4.78, 5) is 21.9. The summed E-state index contributed by atoms with van der Waals surface area (Å²) in [5.41, 5.74) is 3.54. The number of hydrogen-bond donors (Lipinski definition) is 1. The molecule has 0 atom stereocenters. The summed E-state index contributed by atoms with van der Waals surface area (Å²) in [6.07, 6.45) is 0. The summed E-state index contributed by atoms with van der Waals surface area (Å²) in [5, 5.41) is 0.854. The molecule has 0 aliphatic carbocycles. The van der Waals surface area contributed by atoms with E-state index >= 15 is 0 Å². The van der Waals surface area contributed by atoms with Gasteiger partial charge in [0.1, 0.15) is 12.4 Å². The second-order valence-electron chi connectivity index (χ2n) is 7.00. The first kappa shape index (κ1) is 20.7. The third kappa shape index (κ3) is 5.33. The zero-order chi connectivity index (χ0) is 20.8. The van der Waals surface area contributed by atoms with Gasteiger partial charge < -0.3 is 19.2 Å². The van der Waals surface area contributed by atoms with Crippen molar-refractivity contribution in [1.29, 1.82) is 0 Å². The predicted molar refractivity (Wildman–Crippen MR) is 116 cm³/mol. The van der Waals surface area contributed by atoms with E-state index in [1.807, 2.05) is 30.3 Å². The third-order valence-corrected chi connectivity index (χ3v) is 5.91. The maximum absolute atomic E-state index is 11.5. The molecule has 1 N–H and O–H groups in total. The van der Waals surface area contributed by atoms with Crippen molar-refractivity contribution >= 4 is 28.8 Å². The Morgan fingerprint density at radius 2 is 2.00 bits per heavy atom. The number of H-pyrrole nitrogens is 1. The molecule has 1 aliphatic heterocycles. The van der Waals surface area contributed by atoms with Gasteiger partial charge in [0.15, 0.2) is 5.16 Å². The van der Waals surface area contributed by atoms with Gasteiger partial charge in [0.05, 0.1) is 36.9 Å². The minimum Gasteiger partial charge on any atom is -0.492 e. The van der Waals surface area contributed by atoms with Crippen LogP contribution in [-0.2, 0) is 15.2 Å². The molecule has 1 aromatic heterocycles. The number of benzene rings is 2. The Morgan fingerprint density at radius 3 is 2.77 bits per heavy atom. The Kier molecular flexibility index (Phi) is 6.88. The van der Waals surface area contributed by atoms with E-state index in [1.165, 1.54) is 7.11 Å². The number of morpholine rings is 1. The van der Waals surface area contributed by atoms with Crippen LogP contribution in [0.25, 0.3) is 11.0 Å². The SMILES string of the molecule is COC(=O)c1ccc(CSc2nc3ccc(OCCN4CCOCC4)cc3[nH]2)cc1. The molecule has 1 fully saturated rings. The molecule has 7 nitrogen and oxygen atoms in total. The molecular formula is C22H25N3O4S. The van der Waals surface area contributed by atoms with Gasteiger partial charge in [-0.3, -0.25) is 4.90 Å². The first-order chi connectivity index (χ1) is 14.7. The number of methoxy groups -OCH3 is 1. The largest absolute Gasteiger partial charge is 0.492 e. The molecule has 0 bridgehead atoms. The monoisotopic (exact) mass is 427 g/mol. The number of nitrogens with one attached hydrogen (secondary N) is 1. The Labute approximate surface area is 179 Å². The second-order valence-corrected chi connectivity index (χ2v) is 7.96. The number of fused-ring (bicyclic) bond motifs is 1. The number of nitrogens with zero attached hydrogens (tertiary/aromatic N) is 2. The molecule has 30 heavy (non-hydrogen) atoms. The smallest absolute Gasteiger partial charge is 0.337 e. The van der Waals surface area contributed by atoms with E-state index in [1.54, 1.807) is 23.9 Å². The number of carbonyl (C=O) groups excluding carboxylic acids is 1. The van der Waals surface area contributed by atoms with Crippen LogP contribution in [0.3, 0.4) is 0 Å². The number of aromatic nitrogens is 2. The van der Waals surface area contributed by atoms with Crippen molar-refractivity contribution in [3.8, 4) is 5.75 Å². The Morgan fingerprint density at radius 1 is 1.20 bits per heavy atom. The van der Waals surface area contributed by atoms with Crippen molar-refractivity contribution in [2.24, 2.45) is 0 Å². The van der Waals surface area contributed by atoms with Crippen LogP contribution in [0.4, 0.5) is 0 Å². The summed E-state index contributed by atoms with van der Waals surface area (Å²) >= 11 is 1.62. The number of thioether (sulfide) groups is 1. The molecule has 0 unspecified atom stereocenters. The molecule has 4 rings (SSSR count). The van der Waals surface area contributed by atoms with E-state index in [4.69, 9.17) is 14.2 Å². The highest BCUT2D eigenvalue weighted by Crippen LogP contribution is 2.25. The Hall–Kier alpha value is -2.55. The van der Waals surface area contributed by atoms with E-state index in [-0.39, 0.29) is 5.97 Å². The van der Waals surface area contributed by atoms with Crippen LogP contribution >= 0.6 is 11.8 Å². The van der Waals surface area contributed by atoms with Crippen LogP contribution in [0.2, 0.25) is 0 Å². The molecule has 0 saturated carbocycles. The van der Waals surface area contributed by atoms with Crippen molar-refractivity contribution in [3.63, 3.8) is 0 Å². The average molecular weight is 428 g/mol. The number of carbonyl (C=O) groups is 1. The van der Waals surface area contributed by atoms with E-state index < -0.39 is 0 Å². The molecule has 0 spiro atoms. The molecule has 8 heteroatoms.